The van der Waals surface area contributed by atoms with Crippen LogP contribution < -0.4 is 5.32 Å². The number of amides is 1. The van der Waals surface area contributed by atoms with E-state index in [4.69, 9.17) is 9.84 Å². The molecule has 31 heavy (non-hydrogen) atoms. The minimum Gasteiger partial charge on any atom is -0.478 e. The Morgan fingerprint density at radius 1 is 1.23 bits per heavy atom. The minimum absolute atomic E-state index is 0.180. The lowest BCUT2D eigenvalue weighted by molar-refractivity contribution is 0.0696. The van der Waals surface area contributed by atoms with Crippen LogP contribution in [-0.2, 0) is 24.2 Å². The number of halogens is 1. The average molecular weight is 440 g/mol. The highest BCUT2D eigenvalue weighted by molar-refractivity contribution is 7.12. The van der Waals surface area contributed by atoms with Gasteiger partial charge in [-0.15, -0.1) is 11.3 Å². The smallest absolute Gasteiger partial charge is 0.335 e. The molecule has 5 nitrogen and oxygen atoms in total. The minimum atomic E-state index is -0.989. The number of carboxylic acid groups (broad SMARTS) is 1. The fourth-order valence-electron chi connectivity index (χ4n) is 3.78. The van der Waals surface area contributed by atoms with Crippen molar-refractivity contribution < 1.29 is 23.8 Å². The summed E-state index contributed by atoms with van der Waals surface area (Å²) in [5, 5.41) is 12.1. The van der Waals surface area contributed by atoms with Crippen molar-refractivity contribution in [3.05, 3.63) is 91.9 Å². The van der Waals surface area contributed by atoms with Crippen LogP contribution in [0.2, 0.25) is 0 Å². The van der Waals surface area contributed by atoms with Gasteiger partial charge in [-0.1, -0.05) is 24.3 Å². The second-order valence-corrected chi connectivity index (χ2v) is 8.72. The third-order valence-electron chi connectivity index (χ3n) is 5.38. The Morgan fingerprint density at radius 2 is 2.00 bits per heavy atom. The predicted octanol–water partition coefficient (Wildman–Crippen LogP) is 4.74. The number of hydrogen-bond donors (Lipinski definition) is 2. The highest BCUT2D eigenvalue weighted by Gasteiger charge is 2.26. The SMILES string of the molecule is CC(NC(=O)c1c(Cc2cccc(F)c2)sc2c1CCOC2)c1ccc(C(=O)O)cc1. The Hall–Kier alpha value is -3.03. The number of carbonyl (C=O) groups excluding carboxylic acids is 1. The zero-order chi connectivity index (χ0) is 22.0. The molecule has 1 amide bonds. The first kappa shape index (κ1) is 21.2. The molecule has 0 saturated heterocycles. The number of carbonyl (C=O) groups is 2. The van der Waals surface area contributed by atoms with E-state index in [1.54, 1.807) is 29.5 Å². The zero-order valence-electron chi connectivity index (χ0n) is 17.0. The van der Waals surface area contributed by atoms with E-state index in [0.29, 0.717) is 31.6 Å². The summed E-state index contributed by atoms with van der Waals surface area (Å²) in [6, 6.07) is 12.6. The summed E-state index contributed by atoms with van der Waals surface area (Å²) in [4.78, 5) is 26.3. The molecular weight excluding hydrogens is 417 g/mol. The van der Waals surface area contributed by atoms with Gasteiger partial charge in [-0.3, -0.25) is 4.79 Å². The molecular formula is C24H22FNO4S. The second kappa shape index (κ2) is 8.99. The first-order chi connectivity index (χ1) is 14.9. The highest BCUT2D eigenvalue weighted by atomic mass is 32.1. The van der Waals surface area contributed by atoms with Crippen molar-refractivity contribution in [3.8, 4) is 0 Å². The Kier molecular flexibility index (Phi) is 6.15. The maximum atomic E-state index is 13.7. The van der Waals surface area contributed by atoms with Crippen LogP contribution in [0.25, 0.3) is 0 Å². The maximum Gasteiger partial charge on any atom is 0.335 e. The van der Waals surface area contributed by atoms with Crippen LogP contribution in [0.5, 0.6) is 0 Å². The van der Waals surface area contributed by atoms with Gasteiger partial charge >= 0.3 is 5.97 Å². The van der Waals surface area contributed by atoms with E-state index in [1.165, 1.54) is 24.3 Å². The fraction of sp³-hybridized carbons (Fsp3) is 0.250. The molecule has 1 aliphatic rings. The number of rotatable bonds is 6. The van der Waals surface area contributed by atoms with Gasteiger partial charge in [0.2, 0.25) is 0 Å². The molecule has 1 aromatic heterocycles. The van der Waals surface area contributed by atoms with E-state index in [0.717, 1.165) is 26.4 Å². The molecule has 4 rings (SSSR count). The summed E-state index contributed by atoms with van der Waals surface area (Å²) in [7, 11) is 0. The molecule has 0 spiro atoms. The van der Waals surface area contributed by atoms with Gasteiger partial charge in [0, 0.05) is 16.2 Å². The van der Waals surface area contributed by atoms with Crippen molar-refractivity contribution in [1.29, 1.82) is 0 Å². The van der Waals surface area contributed by atoms with Crippen molar-refractivity contribution in [3.63, 3.8) is 0 Å². The third-order valence-corrected chi connectivity index (χ3v) is 6.58. The van der Waals surface area contributed by atoms with Gasteiger partial charge in [-0.2, -0.15) is 0 Å². The number of thiophene rings is 1. The van der Waals surface area contributed by atoms with Crippen LogP contribution in [-0.4, -0.2) is 23.6 Å². The molecule has 1 atom stereocenters. The molecule has 0 radical (unpaired) electrons. The lowest BCUT2D eigenvalue weighted by Crippen LogP contribution is -2.28. The lowest BCUT2D eigenvalue weighted by atomic mass is 9.99. The number of benzene rings is 2. The predicted molar refractivity (Wildman–Crippen MR) is 116 cm³/mol. The molecule has 0 bridgehead atoms. The van der Waals surface area contributed by atoms with Crippen LogP contribution in [0.3, 0.4) is 0 Å². The molecule has 1 aliphatic heterocycles. The Labute approximate surface area is 183 Å². The Balaban J connectivity index is 1.60. The van der Waals surface area contributed by atoms with Crippen LogP contribution in [0.1, 0.15) is 60.1 Å². The fourth-order valence-corrected chi connectivity index (χ4v) is 5.10. The van der Waals surface area contributed by atoms with E-state index in [-0.39, 0.29) is 23.3 Å². The molecule has 2 heterocycles. The van der Waals surface area contributed by atoms with Gasteiger partial charge in [0.15, 0.2) is 0 Å². The second-order valence-electron chi connectivity index (χ2n) is 7.53. The van der Waals surface area contributed by atoms with Crippen molar-refractivity contribution in [2.75, 3.05) is 6.61 Å². The normalized spacial score (nSPS) is 14.0. The average Bonchev–Trinajstić information content (AvgIpc) is 3.11. The number of ether oxygens (including phenoxy) is 1. The molecule has 0 aliphatic carbocycles. The maximum absolute atomic E-state index is 13.7. The Bertz CT molecular complexity index is 1120. The summed E-state index contributed by atoms with van der Waals surface area (Å²) in [6.45, 7) is 2.91. The molecule has 0 fully saturated rings. The summed E-state index contributed by atoms with van der Waals surface area (Å²) >= 11 is 1.55. The van der Waals surface area contributed by atoms with Gasteiger partial charge in [-0.25, -0.2) is 9.18 Å². The van der Waals surface area contributed by atoms with Crippen molar-refractivity contribution in [2.24, 2.45) is 0 Å². The standard InChI is InChI=1S/C24H22FNO4S/c1-14(16-5-7-17(8-6-16)24(28)29)26-23(27)22-19-9-10-30-13-21(19)31-20(22)12-15-3-2-4-18(25)11-15/h2-8,11,14H,9-10,12-13H2,1H3,(H,26,27)(H,28,29). The van der Waals surface area contributed by atoms with Crippen LogP contribution >= 0.6 is 11.3 Å². The van der Waals surface area contributed by atoms with Gasteiger partial charge in [0.05, 0.1) is 30.4 Å². The van der Waals surface area contributed by atoms with Gasteiger partial charge < -0.3 is 15.2 Å². The molecule has 7 heteroatoms. The zero-order valence-corrected chi connectivity index (χ0v) is 17.8. The number of hydrogen-bond acceptors (Lipinski definition) is 4. The number of aromatic carboxylic acids is 1. The Morgan fingerprint density at radius 3 is 2.71 bits per heavy atom. The molecule has 2 N–H and O–H groups in total. The molecule has 3 aromatic rings. The topological polar surface area (TPSA) is 75.6 Å². The van der Waals surface area contributed by atoms with Crippen molar-refractivity contribution in [1.82, 2.24) is 5.32 Å². The highest BCUT2D eigenvalue weighted by Crippen LogP contribution is 2.34. The number of carboxylic acids is 1. The summed E-state index contributed by atoms with van der Waals surface area (Å²) in [5.41, 5.74) is 3.49. The van der Waals surface area contributed by atoms with E-state index >= 15 is 0 Å². The summed E-state index contributed by atoms with van der Waals surface area (Å²) in [5.74, 6) is -1.47. The summed E-state index contributed by atoms with van der Waals surface area (Å²) in [6.07, 6.45) is 1.14. The lowest BCUT2D eigenvalue weighted by Gasteiger charge is -2.17. The monoisotopic (exact) mass is 439 g/mol. The summed E-state index contributed by atoms with van der Waals surface area (Å²) < 4.78 is 19.2. The van der Waals surface area contributed by atoms with E-state index < -0.39 is 5.97 Å². The molecule has 160 valence electrons. The van der Waals surface area contributed by atoms with Gasteiger partial charge in [0.25, 0.3) is 5.91 Å². The quantitative estimate of drug-likeness (QED) is 0.582. The van der Waals surface area contributed by atoms with Crippen LogP contribution in [0.4, 0.5) is 4.39 Å². The molecule has 2 aromatic carbocycles. The molecule has 1 unspecified atom stereocenters. The first-order valence-corrected chi connectivity index (χ1v) is 10.8. The first-order valence-electron chi connectivity index (χ1n) is 10.0. The largest absolute Gasteiger partial charge is 0.478 e. The third kappa shape index (κ3) is 4.68. The van der Waals surface area contributed by atoms with Gasteiger partial charge in [0.1, 0.15) is 5.82 Å². The number of fused-ring (bicyclic) bond motifs is 1. The van der Waals surface area contributed by atoms with E-state index in [1.807, 2.05) is 13.0 Å². The number of nitrogens with one attached hydrogen (secondary N) is 1. The van der Waals surface area contributed by atoms with Crippen molar-refractivity contribution in [2.45, 2.75) is 32.4 Å². The van der Waals surface area contributed by atoms with Crippen LogP contribution in [0.15, 0.2) is 48.5 Å². The molecule has 0 saturated carbocycles. The van der Waals surface area contributed by atoms with Crippen LogP contribution in [0, 0.1) is 5.82 Å². The van der Waals surface area contributed by atoms with Gasteiger partial charge in [-0.05, 0) is 54.3 Å². The van der Waals surface area contributed by atoms with E-state index in [9.17, 15) is 14.0 Å². The van der Waals surface area contributed by atoms with Crippen molar-refractivity contribution >= 4 is 23.2 Å². The van der Waals surface area contributed by atoms with E-state index in [2.05, 4.69) is 5.32 Å².